The Balaban J connectivity index is 2.70. The molecule has 4 heteroatoms. The average molecular weight is 301 g/mol. The van der Waals surface area contributed by atoms with Gasteiger partial charge in [-0.2, -0.15) is 0 Å². The van der Waals surface area contributed by atoms with Crippen molar-refractivity contribution < 1.29 is 14.6 Å². The van der Waals surface area contributed by atoms with Gasteiger partial charge in [0.25, 0.3) is 0 Å². The van der Waals surface area contributed by atoms with Crippen molar-refractivity contribution in [3.8, 4) is 0 Å². The predicted molar refractivity (Wildman–Crippen MR) is 70.1 cm³/mol. The Morgan fingerprint density at radius 2 is 2.24 bits per heavy atom. The largest absolute Gasteiger partial charge is 0.481 e. The summed E-state index contributed by atoms with van der Waals surface area (Å²) in [5.74, 6) is -1.17. The highest BCUT2D eigenvalue weighted by atomic mass is 79.9. The molecule has 17 heavy (non-hydrogen) atoms. The summed E-state index contributed by atoms with van der Waals surface area (Å²) in [4.78, 5) is 11.2. The summed E-state index contributed by atoms with van der Waals surface area (Å²) in [6.07, 6.45) is 1.02. The third kappa shape index (κ3) is 4.88. The molecule has 0 amide bonds. The number of carbonyl (C=O) groups is 1. The van der Waals surface area contributed by atoms with Crippen molar-refractivity contribution in [1.82, 2.24) is 0 Å². The molecule has 1 aromatic carbocycles. The number of halogens is 1. The molecular formula is C13H17BrO3. The number of hydrogen-bond donors (Lipinski definition) is 1. The van der Waals surface area contributed by atoms with Gasteiger partial charge in [0.1, 0.15) is 0 Å². The van der Waals surface area contributed by atoms with Crippen molar-refractivity contribution >= 4 is 21.9 Å². The SMILES string of the molecule is COC(C)CC(Cc1cccc(Br)c1)C(=O)O. The molecule has 0 aromatic heterocycles. The fourth-order valence-corrected chi connectivity index (χ4v) is 2.16. The highest BCUT2D eigenvalue weighted by Gasteiger charge is 2.20. The molecule has 0 saturated carbocycles. The lowest BCUT2D eigenvalue weighted by atomic mass is 9.94. The molecule has 2 atom stereocenters. The number of carboxylic acids is 1. The zero-order valence-electron chi connectivity index (χ0n) is 10.0. The minimum atomic E-state index is -0.770. The summed E-state index contributed by atoms with van der Waals surface area (Å²) in [6.45, 7) is 1.89. The van der Waals surface area contributed by atoms with E-state index < -0.39 is 11.9 Å². The van der Waals surface area contributed by atoms with E-state index in [0.717, 1.165) is 10.0 Å². The maximum atomic E-state index is 11.2. The fraction of sp³-hybridized carbons (Fsp3) is 0.462. The molecule has 0 aliphatic carbocycles. The Hall–Kier alpha value is -0.870. The van der Waals surface area contributed by atoms with Gasteiger partial charge in [-0.15, -0.1) is 0 Å². The van der Waals surface area contributed by atoms with Crippen molar-refractivity contribution in [2.24, 2.45) is 5.92 Å². The number of rotatable bonds is 6. The van der Waals surface area contributed by atoms with E-state index in [1.54, 1.807) is 7.11 Å². The quantitative estimate of drug-likeness (QED) is 0.878. The third-order valence-corrected chi connectivity index (χ3v) is 3.23. The Bertz CT molecular complexity index is 379. The number of carboxylic acid groups (broad SMARTS) is 1. The van der Waals surface area contributed by atoms with Gasteiger partial charge >= 0.3 is 5.97 Å². The third-order valence-electron chi connectivity index (χ3n) is 2.74. The van der Waals surface area contributed by atoms with Gasteiger partial charge < -0.3 is 9.84 Å². The molecule has 1 aromatic rings. The van der Waals surface area contributed by atoms with Crippen LogP contribution in [0, 0.1) is 5.92 Å². The number of ether oxygens (including phenoxy) is 1. The maximum Gasteiger partial charge on any atom is 0.306 e. The lowest BCUT2D eigenvalue weighted by Gasteiger charge is -2.16. The van der Waals surface area contributed by atoms with E-state index in [1.165, 1.54) is 0 Å². The first-order valence-corrected chi connectivity index (χ1v) is 6.32. The zero-order valence-corrected chi connectivity index (χ0v) is 11.6. The molecule has 0 saturated heterocycles. The predicted octanol–water partition coefficient (Wildman–Crippen LogP) is 3.12. The van der Waals surface area contributed by atoms with Gasteiger partial charge in [0.05, 0.1) is 12.0 Å². The lowest BCUT2D eigenvalue weighted by Crippen LogP contribution is -2.22. The molecule has 0 aliphatic rings. The van der Waals surface area contributed by atoms with Crippen LogP contribution in [0.15, 0.2) is 28.7 Å². The van der Waals surface area contributed by atoms with Gasteiger partial charge in [-0.05, 0) is 37.5 Å². The van der Waals surface area contributed by atoms with E-state index in [9.17, 15) is 9.90 Å². The van der Waals surface area contributed by atoms with Crippen molar-refractivity contribution in [2.45, 2.75) is 25.9 Å². The number of hydrogen-bond acceptors (Lipinski definition) is 2. The minimum absolute atomic E-state index is 0.0387. The molecular weight excluding hydrogens is 284 g/mol. The number of methoxy groups -OCH3 is 1. The van der Waals surface area contributed by atoms with E-state index in [0.29, 0.717) is 12.8 Å². The second kappa shape index (κ2) is 6.77. The lowest BCUT2D eigenvalue weighted by molar-refractivity contribution is -0.142. The fourth-order valence-electron chi connectivity index (χ4n) is 1.72. The molecule has 0 spiro atoms. The Morgan fingerprint density at radius 3 is 2.76 bits per heavy atom. The molecule has 94 valence electrons. The summed E-state index contributed by atoms with van der Waals surface area (Å²) in [7, 11) is 1.60. The Morgan fingerprint density at radius 1 is 1.53 bits per heavy atom. The van der Waals surface area contributed by atoms with Gasteiger partial charge in [0.2, 0.25) is 0 Å². The second-order valence-electron chi connectivity index (χ2n) is 4.15. The highest BCUT2D eigenvalue weighted by molar-refractivity contribution is 9.10. The van der Waals surface area contributed by atoms with Crippen LogP contribution in [0.25, 0.3) is 0 Å². The number of benzene rings is 1. The molecule has 1 N–H and O–H groups in total. The normalized spacial score (nSPS) is 14.3. The van der Waals surface area contributed by atoms with E-state index in [2.05, 4.69) is 15.9 Å². The molecule has 3 nitrogen and oxygen atoms in total. The number of aliphatic carboxylic acids is 1. The van der Waals surface area contributed by atoms with Crippen molar-refractivity contribution in [1.29, 1.82) is 0 Å². The molecule has 2 unspecified atom stereocenters. The van der Waals surface area contributed by atoms with Gasteiger partial charge in [0.15, 0.2) is 0 Å². The van der Waals surface area contributed by atoms with Crippen LogP contribution in [-0.4, -0.2) is 24.3 Å². The first-order chi connectivity index (χ1) is 8.02. The van der Waals surface area contributed by atoms with Crippen LogP contribution < -0.4 is 0 Å². The zero-order chi connectivity index (χ0) is 12.8. The summed E-state index contributed by atoms with van der Waals surface area (Å²) in [5.41, 5.74) is 1.02. The van der Waals surface area contributed by atoms with Crippen molar-refractivity contribution in [3.63, 3.8) is 0 Å². The minimum Gasteiger partial charge on any atom is -0.481 e. The maximum absolute atomic E-state index is 11.2. The van der Waals surface area contributed by atoms with Crippen molar-refractivity contribution in [2.75, 3.05) is 7.11 Å². The Labute approximate surface area is 110 Å². The second-order valence-corrected chi connectivity index (χ2v) is 5.07. The van der Waals surface area contributed by atoms with E-state index in [4.69, 9.17) is 4.74 Å². The standard InChI is InChI=1S/C13H17BrO3/c1-9(17-2)6-11(13(15)16)7-10-4-3-5-12(14)8-10/h3-5,8-9,11H,6-7H2,1-2H3,(H,15,16). The van der Waals surface area contributed by atoms with Crippen molar-refractivity contribution in [3.05, 3.63) is 34.3 Å². The summed E-state index contributed by atoms with van der Waals surface area (Å²) >= 11 is 3.38. The average Bonchev–Trinajstić information content (AvgIpc) is 2.27. The summed E-state index contributed by atoms with van der Waals surface area (Å²) < 4.78 is 6.09. The molecule has 0 fully saturated rings. The molecule has 0 radical (unpaired) electrons. The summed E-state index contributed by atoms with van der Waals surface area (Å²) in [6, 6.07) is 7.74. The molecule has 0 bridgehead atoms. The first kappa shape index (κ1) is 14.2. The van der Waals surface area contributed by atoms with Crippen LogP contribution in [0.3, 0.4) is 0 Å². The first-order valence-electron chi connectivity index (χ1n) is 5.53. The van der Waals surface area contributed by atoms with Gasteiger partial charge in [-0.3, -0.25) is 4.79 Å². The Kier molecular flexibility index (Phi) is 5.65. The van der Waals surface area contributed by atoms with E-state index in [1.807, 2.05) is 31.2 Å². The molecule has 0 heterocycles. The monoisotopic (exact) mass is 300 g/mol. The highest BCUT2D eigenvalue weighted by Crippen LogP contribution is 2.19. The van der Waals surface area contributed by atoms with E-state index >= 15 is 0 Å². The topological polar surface area (TPSA) is 46.5 Å². The molecule has 0 aliphatic heterocycles. The van der Waals surface area contributed by atoms with Crippen LogP contribution in [0.4, 0.5) is 0 Å². The van der Waals surface area contributed by atoms with Crippen LogP contribution in [0.5, 0.6) is 0 Å². The summed E-state index contributed by atoms with van der Waals surface area (Å²) in [5, 5.41) is 9.18. The van der Waals surface area contributed by atoms with Crippen LogP contribution in [-0.2, 0) is 16.0 Å². The molecule has 1 rings (SSSR count). The van der Waals surface area contributed by atoms with Crippen LogP contribution >= 0.6 is 15.9 Å². The smallest absolute Gasteiger partial charge is 0.306 e. The van der Waals surface area contributed by atoms with Gasteiger partial charge in [-0.25, -0.2) is 0 Å². The van der Waals surface area contributed by atoms with Crippen LogP contribution in [0.1, 0.15) is 18.9 Å². The van der Waals surface area contributed by atoms with Gasteiger partial charge in [-0.1, -0.05) is 28.1 Å². The van der Waals surface area contributed by atoms with E-state index in [-0.39, 0.29) is 6.10 Å². The van der Waals surface area contributed by atoms with Gasteiger partial charge in [0, 0.05) is 11.6 Å². The van der Waals surface area contributed by atoms with Crippen LogP contribution in [0.2, 0.25) is 0 Å².